The maximum atomic E-state index is 12.7. The molecular weight excluding hydrogens is 374 g/mol. The number of nitrogens with one attached hydrogen (secondary N) is 1. The second-order valence-electron chi connectivity index (χ2n) is 6.80. The Bertz CT molecular complexity index is 1110. The van der Waals surface area contributed by atoms with Gasteiger partial charge in [-0.15, -0.1) is 0 Å². The molecule has 0 unspecified atom stereocenters. The van der Waals surface area contributed by atoms with Crippen molar-refractivity contribution < 1.29 is 19.8 Å². The van der Waals surface area contributed by atoms with Crippen molar-refractivity contribution in [2.24, 2.45) is 0 Å². The lowest BCUT2D eigenvalue weighted by Gasteiger charge is -2.01. The number of amides is 2. The van der Waals surface area contributed by atoms with Gasteiger partial charge in [-0.05, 0) is 25.0 Å². The molecule has 4 heterocycles. The molecule has 0 saturated heterocycles. The Hall–Kier alpha value is -3.30. The number of pyridine rings is 1. The molecule has 3 N–H and O–H groups in total. The number of aliphatic hydroxyl groups is 2. The number of imidazole rings is 1. The van der Waals surface area contributed by atoms with Gasteiger partial charge in [0.1, 0.15) is 5.65 Å². The average Bonchev–Trinajstić information content (AvgIpc) is 3.40. The number of aromatic nitrogens is 4. The first kappa shape index (κ1) is 19.0. The minimum absolute atomic E-state index is 0.0417. The number of carbonyl (C=O) groups is 2. The molecule has 1 aliphatic rings. The molecule has 3 aromatic rings. The van der Waals surface area contributed by atoms with Crippen LogP contribution in [0.1, 0.15) is 24.1 Å². The number of nitrogens with zero attached hydrogens (tertiary/aromatic N) is 4. The van der Waals surface area contributed by atoms with Gasteiger partial charge in [-0.25, -0.2) is 9.97 Å². The van der Waals surface area contributed by atoms with E-state index in [1.165, 1.54) is 0 Å². The minimum atomic E-state index is -0.488. The van der Waals surface area contributed by atoms with E-state index in [-0.39, 0.29) is 24.4 Å². The van der Waals surface area contributed by atoms with Crippen molar-refractivity contribution in [3.63, 3.8) is 0 Å². The highest BCUT2D eigenvalue weighted by Gasteiger charge is 2.35. The zero-order valence-corrected chi connectivity index (χ0v) is 15.7. The zero-order valence-electron chi connectivity index (χ0n) is 15.7. The Morgan fingerprint density at radius 2 is 1.72 bits per heavy atom. The summed E-state index contributed by atoms with van der Waals surface area (Å²) in [6.45, 7) is 1.20. The molecule has 29 heavy (non-hydrogen) atoms. The number of aryl methyl sites for hydroxylation is 2. The van der Waals surface area contributed by atoms with Crippen LogP contribution in [0.2, 0.25) is 0 Å². The van der Waals surface area contributed by atoms with E-state index < -0.39 is 11.8 Å². The molecular formula is C20H21N5O4. The summed E-state index contributed by atoms with van der Waals surface area (Å²) >= 11 is 0. The second-order valence-corrected chi connectivity index (χ2v) is 6.80. The summed E-state index contributed by atoms with van der Waals surface area (Å²) in [5.41, 5.74) is 2.19. The molecule has 0 radical (unpaired) electrons. The van der Waals surface area contributed by atoms with Gasteiger partial charge in [0.25, 0.3) is 11.8 Å². The van der Waals surface area contributed by atoms with Crippen molar-refractivity contribution in [3.8, 4) is 0 Å². The SMILES string of the molecule is O=C1NC(=O)C(c2cn(CCCO)c3ncccc23)=C1c1cn(CCCO)cn1. The predicted octanol–water partition coefficient (Wildman–Crippen LogP) is 0.565. The minimum Gasteiger partial charge on any atom is -0.396 e. The summed E-state index contributed by atoms with van der Waals surface area (Å²) in [5, 5.41) is 21.3. The van der Waals surface area contributed by atoms with Crippen LogP contribution in [0, 0.1) is 0 Å². The van der Waals surface area contributed by atoms with Crippen LogP contribution in [-0.4, -0.2) is 54.3 Å². The molecule has 9 heteroatoms. The van der Waals surface area contributed by atoms with Crippen molar-refractivity contribution in [1.82, 2.24) is 24.4 Å². The van der Waals surface area contributed by atoms with E-state index >= 15 is 0 Å². The van der Waals surface area contributed by atoms with Crippen LogP contribution >= 0.6 is 0 Å². The Kier molecular flexibility index (Phi) is 5.24. The number of imide groups is 1. The van der Waals surface area contributed by atoms with Gasteiger partial charge in [-0.3, -0.25) is 14.9 Å². The zero-order chi connectivity index (χ0) is 20.4. The van der Waals surface area contributed by atoms with E-state index in [0.29, 0.717) is 42.8 Å². The van der Waals surface area contributed by atoms with Gasteiger partial charge in [0.15, 0.2) is 0 Å². The number of fused-ring (bicyclic) bond motifs is 1. The fourth-order valence-electron chi connectivity index (χ4n) is 3.55. The summed E-state index contributed by atoms with van der Waals surface area (Å²) in [6.07, 6.45) is 7.86. The molecule has 150 valence electrons. The number of hydrogen-bond donors (Lipinski definition) is 3. The summed E-state index contributed by atoms with van der Waals surface area (Å²) in [7, 11) is 0. The topological polar surface area (TPSA) is 122 Å². The molecule has 0 atom stereocenters. The highest BCUT2D eigenvalue weighted by Crippen LogP contribution is 2.35. The van der Waals surface area contributed by atoms with Crippen molar-refractivity contribution >= 4 is 34.0 Å². The highest BCUT2D eigenvalue weighted by atomic mass is 16.3. The Morgan fingerprint density at radius 3 is 2.52 bits per heavy atom. The van der Waals surface area contributed by atoms with Crippen LogP contribution in [0.5, 0.6) is 0 Å². The summed E-state index contributed by atoms with van der Waals surface area (Å²) in [4.78, 5) is 34.0. The van der Waals surface area contributed by atoms with Gasteiger partial charge in [0.05, 0.1) is 23.2 Å². The molecule has 4 rings (SSSR count). The molecule has 0 saturated carbocycles. The standard InChI is InChI=1S/C20H21N5O4/c26-8-2-6-24-11-15(22-12-24)17-16(19(28)23-20(17)29)14-10-25(7-3-9-27)18-13(14)4-1-5-21-18/h1,4-5,10-12,26-27H,2-3,6-9H2,(H,23,28,29). The smallest absolute Gasteiger partial charge is 0.261 e. The number of aliphatic hydroxyl groups excluding tert-OH is 2. The van der Waals surface area contributed by atoms with Crippen molar-refractivity contribution in [2.75, 3.05) is 13.2 Å². The van der Waals surface area contributed by atoms with Crippen LogP contribution in [0.15, 0.2) is 37.1 Å². The fourth-order valence-corrected chi connectivity index (χ4v) is 3.55. The molecule has 0 spiro atoms. The lowest BCUT2D eigenvalue weighted by molar-refractivity contribution is -0.122. The second kappa shape index (κ2) is 7.98. The first-order valence-corrected chi connectivity index (χ1v) is 9.42. The summed E-state index contributed by atoms with van der Waals surface area (Å²) in [6, 6.07) is 3.63. The van der Waals surface area contributed by atoms with Gasteiger partial charge < -0.3 is 19.3 Å². The van der Waals surface area contributed by atoms with Crippen LogP contribution in [0.3, 0.4) is 0 Å². The molecule has 1 aliphatic heterocycles. The first-order chi connectivity index (χ1) is 14.1. The van der Waals surface area contributed by atoms with E-state index in [2.05, 4.69) is 15.3 Å². The maximum absolute atomic E-state index is 12.7. The molecule has 0 aromatic carbocycles. The molecule has 9 nitrogen and oxygen atoms in total. The van der Waals surface area contributed by atoms with Gasteiger partial charge in [-0.1, -0.05) is 0 Å². The average molecular weight is 395 g/mol. The number of carbonyl (C=O) groups excluding carboxylic acids is 2. The molecule has 0 fully saturated rings. The van der Waals surface area contributed by atoms with Crippen molar-refractivity contribution in [3.05, 3.63) is 48.3 Å². The fraction of sp³-hybridized carbons (Fsp3) is 0.300. The van der Waals surface area contributed by atoms with Crippen LogP contribution in [-0.2, 0) is 22.7 Å². The van der Waals surface area contributed by atoms with E-state index in [1.54, 1.807) is 35.6 Å². The van der Waals surface area contributed by atoms with E-state index in [9.17, 15) is 14.7 Å². The highest BCUT2D eigenvalue weighted by molar-refractivity contribution is 6.49. The quantitative estimate of drug-likeness (QED) is 0.479. The number of rotatable bonds is 8. The third-order valence-corrected chi connectivity index (χ3v) is 4.86. The van der Waals surface area contributed by atoms with Crippen LogP contribution in [0.25, 0.3) is 22.2 Å². The van der Waals surface area contributed by atoms with E-state index in [4.69, 9.17) is 5.11 Å². The van der Waals surface area contributed by atoms with Gasteiger partial charge in [0, 0.05) is 55.8 Å². The predicted molar refractivity (Wildman–Crippen MR) is 105 cm³/mol. The van der Waals surface area contributed by atoms with Crippen molar-refractivity contribution in [1.29, 1.82) is 0 Å². The lowest BCUT2D eigenvalue weighted by Crippen LogP contribution is -2.22. The molecule has 0 bridgehead atoms. The Balaban J connectivity index is 1.85. The van der Waals surface area contributed by atoms with Crippen LogP contribution in [0.4, 0.5) is 0 Å². The maximum Gasteiger partial charge on any atom is 0.261 e. The van der Waals surface area contributed by atoms with Crippen molar-refractivity contribution in [2.45, 2.75) is 25.9 Å². The van der Waals surface area contributed by atoms with Gasteiger partial charge in [-0.2, -0.15) is 0 Å². The lowest BCUT2D eigenvalue weighted by atomic mass is 10.00. The van der Waals surface area contributed by atoms with Crippen LogP contribution < -0.4 is 5.32 Å². The van der Waals surface area contributed by atoms with Gasteiger partial charge in [0.2, 0.25) is 0 Å². The third-order valence-electron chi connectivity index (χ3n) is 4.86. The monoisotopic (exact) mass is 395 g/mol. The molecule has 3 aromatic heterocycles. The molecule has 2 amide bonds. The third kappa shape index (κ3) is 3.45. The normalized spacial score (nSPS) is 14.3. The number of hydrogen-bond acceptors (Lipinski definition) is 6. The Labute approximate surface area is 166 Å². The molecule has 0 aliphatic carbocycles. The Morgan fingerprint density at radius 1 is 0.966 bits per heavy atom. The first-order valence-electron chi connectivity index (χ1n) is 9.42. The largest absolute Gasteiger partial charge is 0.396 e. The summed E-state index contributed by atoms with van der Waals surface area (Å²) in [5.74, 6) is -0.961. The summed E-state index contributed by atoms with van der Waals surface area (Å²) < 4.78 is 3.65. The van der Waals surface area contributed by atoms with E-state index in [1.807, 2.05) is 10.6 Å². The van der Waals surface area contributed by atoms with Gasteiger partial charge >= 0.3 is 0 Å². The van der Waals surface area contributed by atoms with E-state index in [0.717, 1.165) is 5.39 Å².